The topological polar surface area (TPSA) is 90.5 Å². The lowest BCUT2D eigenvalue weighted by Gasteiger charge is -2.34. The van der Waals surface area contributed by atoms with Crippen molar-refractivity contribution >= 4 is 29.4 Å². The van der Waals surface area contributed by atoms with Crippen LogP contribution in [0.4, 0.5) is 4.79 Å². The van der Waals surface area contributed by atoms with Crippen molar-refractivity contribution in [2.75, 3.05) is 20.6 Å². The zero-order valence-corrected chi connectivity index (χ0v) is 16.3. The van der Waals surface area contributed by atoms with Crippen LogP contribution < -0.4 is 16.0 Å². The van der Waals surface area contributed by atoms with Gasteiger partial charge in [0, 0.05) is 17.5 Å². The Bertz CT molecular complexity index is 744. The monoisotopic (exact) mass is 392 g/mol. The summed E-state index contributed by atoms with van der Waals surface area (Å²) in [6.07, 6.45) is 2.09. The van der Waals surface area contributed by atoms with E-state index in [2.05, 4.69) is 16.0 Å². The zero-order chi connectivity index (χ0) is 19.6. The highest BCUT2D eigenvalue weighted by atomic mass is 35.5. The summed E-state index contributed by atoms with van der Waals surface area (Å²) in [4.78, 5) is 38.1. The molecule has 1 aromatic carbocycles. The van der Waals surface area contributed by atoms with Gasteiger partial charge in [-0.25, -0.2) is 4.79 Å². The van der Waals surface area contributed by atoms with Crippen LogP contribution in [0.2, 0.25) is 5.02 Å². The number of nitrogens with zero attached hydrogens (tertiary/aromatic N) is 1. The maximum atomic E-state index is 12.6. The van der Waals surface area contributed by atoms with E-state index < -0.39 is 11.6 Å². The number of amides is 4. The number of nitrogens with one attached hydrogen (secondary N) is 3. The van der Waals surface area contributed by atoms with Gasteiger partial charge in [-0.05, 0) is 51.4 Å². The Labute approximate surface area is 163 Å². The minimum absolute atomic E-state index is 0.0199. The van der Waals surface area contributed by atoms with Crippen LogP contribution in [-0.4, -0.2) is 48.9 Å². The number of hydrogen-bond acceptors (Lipinski definition) is 4. The largest absolute Gasteiger partial charge is 0.354 e. The first-order valence-corrected chi connectivity index (χ1v) is 9.52. The van der Waals surface area contributed by atoms with E-state index in [-0.39, 0.29) is 23.8 Å². The van der Waals surface area contributed by atoms with E-state index in [1.54, 1.807) is 0 Å². The van der Waals surface area contributed by atoms with Crippen LogP contribution in [0.5, 0.6) is 0 Å². The molecular weight excluding hydrogens is 368 g/mol. The third kappa shape index (κ3) is 4.09. The smallest absolute Gasteiger partial charge is 0.322 e. The van der Waals surface area contributed by atoms with Gasteiger partial charge in [0.25, 0.3) is 5.91 Å². The second-order valence-electron chi connectivity index (χ2n) is 7.51. The van der Waals surface area contributed by atoms with Gasteiger partial charge in [0.05, 0.1) is 6.04 Å². The molecule has 2 fully saturated rings. The Kier molecular flexibility index (Phi) is 5.72. The standard InChI is InChI=1S/C19H25ClN4O3/c1-24(2)15(13-5-3-4-6-14(13)20)11-21-16(25)12-7-9-19(10-8-12)17(26)22-18(27)23-19/h3-6,12,15H,7-11H2,1-2H3,(H,21,25)(H2,22,23,26,27). The predicted octanol–water partition coefficient (Wildman–Crippen LogP) is 1.83. The molecule has 2 aliphatic rings. The Morgan fingerprint density at radius 2 is 1.96 bits per heavy atom. The van der Waals surface area contributed by atoms with Crippen molar-refractivity contribution in [3.05, 3.63) is 34.9 Å². The summed E-state index contributed by atoms with van der Waals surface area (Å²) in [7, 11) is 3.90. The number of carbonyl (C=O) groups excluding carboxylic acids is 3. The molecule has 8 heteroatoms. The van der Waals surface area contributed by atoms with Crippen molar-refractivity contribution in [2.45, 2.75) is 37.3 Å². The van der Waals surface area contributed by atoms with Crippen molar-refractivity contribution in [1.82, 2.24) is 20.9 Å². The molecule has 1 heterocycles. The third-order valence-corrected chi connectivity index (χ3v) is 5.93. The van der Waals surface area contributed by atoms with Crippen molar-refractivity contribution in [3.63, 3.8) is 0 Å². The number of imide groups is 1. The molecule has 3 N–H and O–H groups in total. The SMILES string of the molecule is CN(C)C(CNC(=O)C1CCC2(CC1)NC(=O)NC2=O)c1ccccc1Cl. The second-order valence-corrected chi connectivity index (χ2v) is 7.92. The third-order valence-electron chi connectivity index (χ3n) is 5.58. The number of likely N-dealkylation sites (N-methyl/N-ethyl adjacent to an activating group) is 1. The molecule has 3 rings (SSSR count). The molecule has 1 aliphatic heterocycles. The summed E-state index contributed by atoms with van der Waals surface area (Å²) in [5.74, 6) is -0.457. The number of rotatable bonds is 5. The molecule has 27 heavy (non-hydrogen) atoms. The first-order chi connectivity index (χ1) is 12.8. The lowest BCUT2D eigenvalue weighted by molar-refractivity contribution is -0.130. The summed E-state index contributed by atoms with van der Waals surface area (Å²) in [6.45, 7) is 0.453. The van der Waals surface area contributed by atoms with E-state index in [1.165, 1.54) is 0 Å². The summed E-state index contributed by atoms with van der Waals surface area (Å²) in [5.41, 5.74) is 0.134. The van der Waals surface area contributed by atoms with Crippen LogP contribution in [-0.2, 0) is 9.59 Å². The van der Waals surface area contributed by atoms with Crippen molar-refractivity contribution in [2.24, 2.45) is 5.92 Å². The maximum absolute atomic E-state index is 12.6. The summed E-state index contributed by atoms with van der Waals surface area (Å²) >= 11 is 6.31. The fourth-order valence-corrected chi connectivity index (χ4v) is 4.17. The molecule has 0 bridgehead atoms. The minimum Gasteiger partial charge on any atom is -0.354 e. The Morgan fingerprint density at radius 1 is 1.30 bits per heavy atom. The first kappa shape index (κ1) is 19.6. The number of halogens is 1. The second kappa shape index (κ2) is 7.86. The van der Waals surface area contributed by atoms with Gasteiger partial charge in [0.15, 0.2) is 0 Å². The van der Waals surface area contributed by atoms with Crippen LogP contribution in [0.1, 0.15) is 37.3 Å². The van der Waals surface area contributed by atoms with Gasteiger partial charge >= 0.3 is 6.03 Å². The van der Waals surface area contributed by atoms with Gasteiger partial charge in [0.1, 0.15) is 5.54 Å². The molecule has 1 saturated heterocycles. The van der Waals surface area contributed by atoms with E-state index in [0.717, 1.165) is 5.56 Å². The normalized spacial score (nSPS) is 26.0. The molecule has 1 saturated carbocycles. The van der Waals surface area contributed by atoms with Gasteiger partial charge in [-0.2, -0.15) is 0 Å². The minimum atomic E-state index is -0.836. The number of urea groups is 1. The lowest BCUT2D eigenvalue weighted by Crippen LogP contribution is -2.51. The van der Waals surface area contributed by atoms with Crippen molar-refractivity contribution in [1.29, 1.82) is 0 Å². The maximum Gasteiger partial charge on any atom is 0.322 e. The highest BCUT2D eigenvalue weighted by Gasteiger charge is 2.48. The quantitative estimate of drug-likeness (QED) is 0.667. The molecule has 1 aliphatic carbocycles. The van der Waals surface area contributed by atoms with Gasteiger partial charge in [-0.3, -0.25) is 14.9 Å². The molecule has 146 valence electrons. The van der Waals surface area contributed by atoms with Crippen molar-refractivity contribution in [3.8, 4) is 0 Å². The average molecular weight is 393 g/mol. The van der Waals surface area contributed by atoms with Crippen LogP contribution in [0, 0.1) is 5.92 Å². The van der Waals surface area contributed by atoms with Gasteiger partial charge in [0.2, 0.25) is 5.91 Å². The van der Waals surface area contributed by atoms with Crippen LogP contribution in [0.15, 0.2) is 24.3 Å². The average Bonchev–Trinajstić information content (AvgIpc) is 2.90. The van der Waals surface area contributed by atoms with E-state index in [0.29, 0.717) is 37.3 Å². The fraction of sp³-hybridized carbons (Fsp3) is 0.526. The number of hydrogen-bond donors (Lipinski definition) is 3. The summed E-state index contributed by atoms with van der Waals surface area (Å²) in [6, 6.07) is 7.14. The molecule has 1 spiro atoms. The summed E-state index contributed by atoms with van der Waals surface area (Å²) < 4.78 is 0. The Balaban J connectivity index is 1.57. The summed E-state index contributed by atoms with van der Waals surface area (Å²) in [5, 5.41) is 8.71. The predicted molar refractivity (Wildman–Crippen MR) is 102 cm³/mol. The molecular formula is C19H25ClN4O3. The Hall–Kier alpha value is -2.12. The molecule has 0 aromatic heterocycles. The highest BCUT2D eigenvalue weighted by molar-refractivity contribution is 6.31. The molecule has 4 amide bonds. The lowest BCUT2D eigenvalue weighted by atomic mass is 9.76. The first-order valence-electron chi connectivity index (χ1n) is 9.14. The molecule has 1 unspecified atom stereocenters. The van der Waals surface area contributed by atoms with Crippen LogP contribution in [0.25, 0.3) is 0 Å². The zero-order valence-electron chi connectivity index (χ0n) is 15.5. The Morgan fingerprint density at radius 3 is 2.52 bits per heavy atom. The molecule has 7 nitrogen and oxygen atoms in total. The number of carbonyl (C=O) groups is 3. The number of benzene rings is 1. The van der Waals surface area contributed by atoms with Crippen molar-refractivity contribution < 1.29 is 14.4 Å². The van der Waals surface area contributed by atoms with Crippen LogP contribution >= 0.6 is 11.6 Å². The fourth-order valence-electron chi connectivity index (χ4n) is 3.91. The van der Waals surface area contributed by atoms with Crippen LogP contribution in [0.3, 0.4) is 0 Å². The van der Waals surface area contributed by atoms with E-state index in [1.807, 2.05) is 43.3 Å². The molecule has 1 aromatic rings. The van der Waals surface area contributed by atoms with Gasteiger partial charge in [-0.15, -0.1) is 0 Å². The van der Waals surface area contributed by atoms with E-state index in [9.17, 15) is 14.4 Å². The van der Waals surface area contributed by atoms with Gasteiger partial charge < -0.3 is 15.5 Å². The van der Waals surface area contributed by atoms with E-state index >= 15 is 0 Å². The van der Waals surface area contributed by atoms with Gasteiger partial charge in [-0.1, -0.05) is 29.8 Å². The molecule has 1 atom stereocenters. The molecule has 0 radical (unpaired) electrons. The highest BCUT2D eigenvalue weighted by Crippen LogP contribution is 2.34. The van der Waals surface area contributed by atoms with E-state index in [4.69, 9.17) is 11.6 Å².